The van der Waals surface area contributed by atoms with Crippen LogP contribution >= 0.6 is 0 Å². The summed E-state index contributed by atoms with van der Waals surface area (Å²) in [4.78, 5) is 23.5. The first-order chi connectivity index (χ1) is 12.5. The monoisotopic (exact) mass is 350 g/mol. The number of nitrogens with zero attached hydrogens (tertiary/aromatic N) is 3. The number of para-hydroxylation sites is 3. The van der Waals surface area contributed by atoms with Crippen molar-refractivity contribution < 1.29 is 9.53 Å². The number of nitrogens with two attached hydrogens (primary N) is 1. The molecule has 0 saturated carbocycles. The van der Waals surface area contributed by atoms with Crippen molar-refractivity contribution in [2.24, 2.45) is 15.7 Å². The fourth-order valence-corrected chi connectivity index (χ4v) is 3.21. The van der Waals surface area contributed by atoms with Crippen LogP contribution in [-0.2, 0) is 10.5 Å². The molecule has 0 unspecified atom stereocenters. The molecule has 1 amide bonds. The first-order valence-electron chi connectivity index (χ1n) is 8.05. The molecule has 26 heavy (non-hydrogen) atoms. The Morgan fingerprint density at radius 3 is 2.69 bits per heavy atom. The Kier molecular flexibility index (Phi) is 3.54. The summed E-state index contributed by atoms with van der Waals surface area (Å²) in [7, 11) is 3.28. The zero-order chi connectivity index (χ0) is 18.3. The zero-order valence-electron chi connectivity index (χ0n) is 14.4. The third kappa shape index (κ3) is 2.26. The number of anilines is 2. The lowest BCUT2D eigenvalue weighted by Crippen LogP contribution is -2.50. The molecule has 0 aliphatic carbocycles. The number of carbonyl (C=O) groups is 1. The minimum atomic E-state index is -1.43. The molecule has 1 atom stereocenters. The lowest BCUT2D eigenvalue weighted by atomic mass is 10.0. The number of amides is 1. The van der Waals surface area contributed by atoms with Gasteiger partial charge in [0.15, 0.2) is 5.96 Å². The molecule has 2 aliphatic heterocycles. The van der Waals surface area contributed by atoms with Gasteiger partial charge >= 0.3 is 0 Å². The summed E-state index contributed by atoms with van der Waals surface area (Å²) in [6, 6.07) is 14.8. The molecule has 0 bridgehead atoms. The van der Waals surface area contributed by atoms with Crippen LogP contribution in [0.3, 0.4) is 0 Å². The second-order valence-corrected chi connectivity index (χ2v) is 5.96. The van der Waals surface area contributed by atoms with Gasteiger partial charge in [-0.2, -0.15) is 0 Å². The van der Waals surface area contributed by atoms with Gasteiger partial charge in [0.2, 0.25) is 5.96 Å². The molecule has 0 fully saturated rings. The smallest absolute Gasteiger partial charge is 0.282 e. The van der Waals surface area contributed by atoms with E-state index in [0.717, 1.165) is 5.69 Å². The third-order valence-corrected chi connectivity index (χ3v) is 4.41. The van der Waals surface area contributed by atoms with E-state index in [0.29, 0.717) is 23.0 Å². The number of ether oxygens (including phenoxy) is 1. The average Bonchev–Trinajstić information content (AvgIpc) is 2.84. The molecular weight excluding hydrogens is 332 g/mol. The number of hydrogen-bond donors (Lipinski definition) is 3. The molecule has 4 N–H and O–H groups in total. The lowest BCUT2D eigenvalue weighted by Gasteiger charge is -2.27. The Bertz CT molecular complexity index is 954. The number of aliphatic imine (C=N–C) groups is 2. The van der Waals surface area contributed by atoms with Crippen LogP contribution in [-0.4, -0.2) is 32.0 Å². The number of likely N-dealkylation sites (N-methyl/N-ethyl adjacent to an activating group) is 1. The maximum atomic E-state index is 13.0. The number of fused-ring (bicyclic) bond motifs is 2. The van der Waals surface area contributed by atoms with Crippen LogP contribution in [0.1, 0.15) is 5.56 Å². The van der Waals surface area contributed by atoms with Crippen LogP contribution in [0.15, 0.2) is 58.5 Å². The molecule has 132 valence electrons. The Morgan fingerprint density at radius 2 is 1.88 bits per heavy atom. The number of rotatable bonds is 2. The van der Waals surface area contributed by atoms with Crippen LogP contribution in [0.5, 0.6) is 5.75 Å². The summed E-state index contributed by atoms with van der Waals surface area (Å²) in [5.74, 6) is 0.807. The zero-order valence-corrected chi connectivity index (χ0v) is 14.4. The Balaban J connectivity index is 1.80. The second-order valence-electron chi connectivity index (χ2n) is 5.96. The fraction of sp³-hybridized carbons (Fsp3) is 0.167. The van der Waals surface area contributed by atoms with Gasteiger partial charge in [0.05, 0.1) is 18.5 Å². The van der Waals surface area contributed by atoms with Crippen molar-refractivity contribution in [3.63, 3.8) is 0 Å². The highest BCUT2D eigenvalue weighted by molar-refractivity contribution is 6.14. The highest BCUT2D eigenvalue weighted by Gasteiger charge is 2.52. The van der Waals surface area contributed by atoms with Crippen molar-refractivity contribution in [3.05, 3.63) is 54.1 Å². The minimum Gasteiger partial charge on any atom is -0.495 e. The van der Waals surface area contributed by atoms with Crippen molar-refractivity contribution in [1.82, 2.24) is 5.32 Å². The molecule has 0 saturated heterocycles. The van der Waals surface area contributed by atoms with Crippen molar-refractivity contribution in [3.8, 4) is 5.75 Å². The van der Waals surface area contributed by atoms with E-state index in [-0.39, 0.29) is 11.9 Å². The second kappa shape index (κ2) is 5.76. The Hall–Kier alpha value is -3.55. The SMILES string of the molecule is COc1ccccc1NC1=N[C@]2(N=C(N)N1)C(=O)N(C)c1ccccc12. The molecule has 2 aromatic carbocycles. The van der Waals surface area contributed by atoms with Gasteiger partial charge in [-0.25, -0.2) is 9.98 Å². The molecule has 8 nitrogen and oxygen atoms in total. The standard InChI is InChI=1S/C18H18N6O2/c1-24-13-9-5-3-7-11(13)18(15(24)25)22-16(19)21-17(23-18)20-12-8-4-6-10-14(12)26-2/h3-10H,1-2H3,(H4,19,20,21,22,23)/t18-/m0/s1. The lowest BCUT2D eigenvalue weighted by molar-refractivity contribution is -0.122. The first kappa shape index (κ1) is 15.9. The van der Waals surface area contributed by atoms with Gasteiger partial charge < -0.3 is 20.7 Å². The van der Waals surface area contributed by atoms with Gasteiger partial charge in [0.25, 0.3) is 11.6 Å². The summed E-state index contributed by atoms with van der Waals surface area (Å²) in [5.41, 5.74) is 6.70. The summed E-state index contributed by atoms with van der Waals surface area (Å²) < 4.78 is 5.34. The van der Waals surface area contributed by atoms with E-state index in [1.807, 2.05) is 48.5 Å². The molecule has 2 aliphatic rings. The van der Waals surface area contributed by atoms with E-state index < -0.39 is 5.66 Å². The summed E-state index contributed by atoms with van der Waals surface area (Å²) >= 11 is 0. The van der Waals surface area contributed by atoms with Gasteiger partial charge in [-0.1, -0.05) is 30.3 Å². The highest BCUT2D eigenvalue weighted by atomic mass is 16.5. The Labute approximate surface area is 150 Å². The summed E-state index contributed by atoms with van der Waals surface area (Å²) in [5, 5.41) is 6.00. The maximum absolute atomic E-state index is 13.0. The highest BCUT2D eigenvalue weighted by Crippen LogP contribution is 2.44. The summed E-state index contributed by atoms with van der Waals surface area (Å²) in [6.45, 7) is 0. The third-order valence-electron chi connectivity index (χ3n) is 4.41. The predicted molar refractivity (Wildman–Crippen MR) is 100 cm³/mol. The van der Waals surface area contributed by atoms with Crippen molar-refractivity contribution in [2.45, 2.75) is 5.66 Å². The minimum absolute atomic E-state index is 0.107. The van der Waals surface area contributed by atoms with Crippen molar-refractivity contribution in [1.29, 1.82) is 0 Å². The normalized spacial score (nSPS) is 21.0. The van der Waals surface area contributed by atoms with Gasteiger partial charge in [-0.15, -0.1) is 0 Å². The molecule has 0 radical (unpaired) electrons. The molecule has 1 spiro atoms. The van der Waals surface area contributed by atoms with E-state index in [2.05, 4.69) is 20.6 Å². The van der Waals surface area contributed by atoms with Gasteiger partial charge in [0.1, 0.15) is 5.75 Å². The van der Waals surface area contributed by atoms with Crippen LogP contribution in [0, 0.1) is 0 Å². The molecule has 4 rings (SSSR count). The number of hydrogen-bond acceptors (Lipinski definition) is 7. The largest absolute Gasteiger partial charge is 0.495 e. The number of benzene rings is 2. The van der Waals surface area contributed by atoms with E-state index in [4.69, 9.17) is 10.5 Å². The van der Waals surface area contributed by atoms with Crippen LogP contribution in [0.2, 0.25) is 0 Å². The van der Waals surface area contributed by atoms with E-state index >= 15 is 0 Å². The predicted octanol–water partition coefficient (Wildman–Crippen LogP) is 1.21. The maximum Gasteiger partial charge on any atom is 0.282 e. The van der Waals surface area contributed by atoms with Crippen LogP contribution in [0.25, 0.3) is 0 Å². The van der Waals surface area contributed by atoms with Gasteiger partial charge in [0, 0.05) is 12.6 Å². The Morgan fingerprint density at radius 1 is 1.15 bits per heavy atom. The van der Waals surface area contributed by atoms with Crippen LogP contribution in [0.4, 0.5) is 11.4 Å². The van der Waals surface area contributed by atoms with E-state index in [9.17, 15) is 4.79 Å². The molecule has 2 heterocycles. The fourth-order valence-electron chi connectivity index (χ4n) is 3.21. The summed E-state index contributed by atoms with van der Waals surface area (Å²) in [6.07, 6.45) is 0. The topological polar surface area (TPSA) is 104 Å². The molecule has 2 aromatic rings. The molecule has 0 aromatic heterocycles. The number of carbonyl (C=O) groups excluding carboxylic acids is 1. The number of methoxy groups -OCH3 is 1. The quantitative estimate of drug-likeness (QED) is 0.755. The van der Waals surface area contributed by atoms with E-state index in [1.165, 1.54) is 0 Å². The van der Waals surface area contributed by atoms with Crippen molar-refractivity contribution >= 4 is 29.2 Å². The van der Waals surface area contributed by atoms with Gasteiger partial charge in [-0.3, -0.25) is 10.1 Å². The molecule has 8 heteroatoms. The molecular formula is C18H18N6O2. The van der Waals surface area contributed by atoms with Crippen molar-refractivity contribution in [2.75, 3.05) is 24.4 Å². The number of nitrogens with one attached hydrogen (secondary N) is 2. The first-order valence-corrected chi connectivity index (χ1v) is 8.05. The van der Waals surface area contributed by atoms with Gasteiger partial charge in [-0.05, 0) is 18.2 Å². The average molecular weight is 350 g/mol. The number of guanidine groups is 2. The van der Waals surface area contributed by atoms with Crippen LogP contribution < -0.4 is 26.0 Å². The van der Waals surface area contributed by atoms with E-state index in [1.54, 1.807) is 19.1 Å².